The Bertz CT molecular complexity index is 437. The normalized spacial score (nSPS) is 20.4. The molecule has 1 aliphatic heterocycles. The van der Waals surface area contributed by atoms with Gasteiger partial charge < -0.3 is 19.3 Å². The average Bonchev–Trinajstić information content (AvgIpc) is 3.10. The minimum absolute atomic E-state index is 0.132. The Kier molecular flexibility index (Phi) is 15.3. The van der Waals surface area contributed by atoms with Gasteiger partial charge in [-0.2, -0.15) is 0 Å². The van der Waals surface area contributed by atoms with Crippen LogP contribution in [-0.2, 0) is 18.6 Å². The number of hydrogen-bond acceptors (Lipinski definition) is 4. The maximum Gasteiger partial charge on any atom is 0.469 e. The molecule has 0 aromatic rings. The van der Waals surface area contributed by atoms with Crippen LogP contribution in [0.3, 0.4) is 0 Å². The van der Waals surface area contributed by atoms with Crippen LogP contribution in [0.5, 0.6) is 0 Å². The van der Waals surface area contributed by atoms with Gasteiger partial charge >= 0.3 is 7.82 Å². The fourth-order valence-electron chi connectivity index (χ4n) is 3.31. The zero-order valence-corrected chi connectivity index (χ0v) is 18.5. The Morgan fingerprint density at radius 1 is 0.929 bits per heavy atom. The molecule has 0 saturated carbocycles. The zero-order chi connectivity index (χ0) is 20.5. The molecule has 0 amide bonds. The van der Waals surface area contributed by atoms with Crippen LogP contribution in [0.15, 0.2) is 12.2 Å². The summed E-state index contributed by atoms with van der Waals surface area (Å²) in [5.41, 5.74) is 0. The van der Waals surface area contributed by atoms with E-state index in [1.165, 1.54) is 70.6 Å². The fourth-order valence-corrected chi connectivity index (χ4v) is 3.67. The molecule has 1 aliphatic rings. The SMILES string of the molecule is CCCCCCCC/C=C\CCCCCCC[C@H]1OC[C@H](COP(=O)(O)O)O1. The second-order valence-corrected chi connectivity index (χ2v) is 8.92. The van der Waals surface area contributed by atoms with Crippen LogP contribution in [0.4, 0.5) is 0 Å². The van der Waals surface area contributed by atoms with Gasteiger partial charge in [0.15, 0.2) is 6.29 Å². The molecule has 6 nitrogen and oxygen atoms in total. The molecule has 1 rings (SSSR count). The predicted molar refractivity (Wildman–Crippen MR) is 112 cm³/mol. The molecule has 1 saturated heterocycles. The number of rotatable bonds is 18. The van der Waals surface area contributed by atoms with Crippen molar-refractivity contribution in [2.24, 2.45) is 0 Å². The summed E-state index contributed by atoms with van der Waals surface area (Å²) in [7, 11) is -4.43. The molecular formula is C21H41O6P. The Labute approximate surface area is 171 Å². The molecule has 0 spiro atoms. The first-order valence-electron chi connectivity index (χ1n) is 11.1. The maximum absolute atomic E-state index is 10.7. The molecule has 0 unspecified atom stereocenters. The van der Waals surface area contributed by atoms with E-state index in [0.29, 0.717) is 6.61 Å². The summed E-state index contributed by atoms with van der Waals surface area (Å²) in [5.74, 6) is 0. The molecule has 28 heavy (non-hydrogen) atoms. The van der Waals surface area contributed by atoms with Gasteiger partial charge in [-0.15, -0.1) is 0 Å². The molecule has 1 heterocycles. The number of ether oxygens (including phenoxy) is 2. The quantitative estimate of drug-likeness (QED) is 0.164. The largest absolute Gasteiger partial charge is 0.469 e. The minimum Gasteiger partial charge on any atom is -0.350 e. The van der Waals surface area contributed by atoms with Crippen LogP contribution in [0.25, 0.3) is 0 Å². The lowest BCUT2D eigenvalue weighted by Gasteiger charge is -2.12. The third-order valence-electron chi connectivity index (χ3n) is 4.94. The van der Waals surface area contributed by atoms with Gasteiger partial charge in [0.1, 0.15) is 6.10 Å². The van der Waals surface area contributed by atoms with E-state index in [9.17, 15) is 4.57 Å². The van der Waals surface area contributed by atoms with Crippen LogP contribution in [-0.4, -0.2) is 35.4 Å². The lowest BCUT2D eigenvalue weighted by atomic mass is 10.1. The standard InChI is InChI=1S/C21H41O6P/c1-2-3-4-5-6-7-8-9-10-11-12-13-14-15-16-17-21-25-18-20(27-21)19-26-28(22,23)24/h9-10,20-21H,2-8,11-19H2,1H3,(H2,22,23,24)/b10-9-/t20-,21+/m1/s1. The highest BCUT2D eigenvalue weighted by molar-refractivity contribution is 7.46. The van der Waals surface area contributed by atoms with E-state index in [1.807, 2.05) is 0 Å². The molecule has 0 aromatic carbocycles. The lowest BCUT2D eigenvalue weighted by Crippen LogP contribution is -2.18. The third kappa shape index (κ3) is 15.7. The summed E-state index contributed by atoms with van der Waals surface area (Å²) >= 11 is 0. The van der Waals surface area contributed by atoms with Gasteiger partial charge in [0.25, 0.3) is 0 Å². The first-order chi connectivity index (χ1) is 13.5. The molecule has 7 heteroatoms. The summed E-state index contributed by atoms with van der Waals surface area (Å²) < 4.78 is 26.2. The molecule has 0 bridgehead atoms. The predicted octanol–water partition coefficient (Wildman–Crippen LogP) is 5.87. The van der Waals surface area contributed by atoms with Gasteiger partial charge in [0.05, 0.1) is 13.2 Å². The second kappa shape index (κ2) is 16.6. The molecule has 166 valence electrons. The van der Waals surface area contributed by atoms with Crippen molar-refractivity contribution in [2.75, 3.05) is 13.2 Å². The summed E-state index contributed by atoms with van der Waals surface area (Å²) in [6, 6.07) is 0. The first kappa shape index (κ1) is 25.8. The second-order valence-electron chi connectivity index (χ2n) is 7.68. The molecule has 0 aliphatic carbocycles. The van der Waals surface area contributed by atoms with E-state index in [-0.39, 0.29) is 19.0 Å². The van der Waals surface area contributed by atoms with Crippen LogP contribution in [0, 0.1) is 0 Å². The van der Waals surface area contributed by atoms with E-state index in [0.717, 1.165) is 19.3 Å². The highest BCUT2D eigenvalue weighted by Crippen LogP contribution is 2.36. The lowest BCUT2D eigenvalue weighted by molar-refractivity contribution is -0.0698. The first-order valence-corrected chi connectivity index (χ1v) is 12.7. The number of phosphoric ester groups is 1. The van der Waals surface area contributed by atoms with Gasteiger partial charge in [0.2, 0.25) is 0 Å². The van der Waals surface area contributed by atoms with Crippen LogP contribution in [0.2, 0.25) is 0 Å². The maximum atomic E-state index is 10.7. The van der Waals surface area contributed by atoms with Crippen LogP contribution >= 0.6 is 7.82 Å². The van der Waals surface area contributed by atoms with Gasteiger partial charge in [-0.3, -0.25) is 4.52 Å². The summed E-state index contributed by atoms with van der Waals surface area (Å²) in [6.45, 7) is 2.45. The molecule has 2 N–H and O–H groups in total. The van der Waals surface area contributed by atoms with Crippen molar-refractivity contribution in [1.82, 2.24) is 0 Å². The van der Waals surface area contributed by atoms with Crippen molar-refractivity contribution < 1.29 is 28.3 Å². The topological polar surface area (TPSA) is 85.2 Å². The van der Waals surface area contributed by atoms with Crippen molar-refractivity contribution in [3.8, 4) is 0 Å². The Balaban J connectivity index is 1.83. The fraction of sp³-hybridized carbons (Fsp3) is 0.905. The average molecular weight is 421 g/mol. The van der Waals surface area contributed by atoms with Crippen molar-refractivity contribution in [2.45, 2.75) is 109 Å². The van der Waals surface area contributed by atoms with Crippen LogP contribution in [0.1, 0.15) is 96.8 Å². The molecule has 2 atom stereocenters. The minimum atomic E-state index is -4.43. The van der Waals surface area contributed by atoms with Crippen LogP contribution < -0.4 is 0 Å². The Hall–Kier alpha value is -0.230. The highest BCUT2D eigenvalue weighted by atomic mass is 31.2. The van der Waals surface area contributed by atoms with Crippen molar-refractivity contribution >= 4 is 7.82 Å². The Morgan fingerprint density at radius 2 is 1.50 bits per heavy atom. The van der Waals surface area contributed by atoms with Gasteiger partial charge in [-0.1, -0.05) is 70.4 Å². The molecule has 0 aromatic heterocycles. The van der Waals surface area contributed by atoms with E-state index >= 15 is 0 Å². The van der Waals surface area contributed by atoms with E-state index in [2.05, 4.69) is 23.6 Å². The number of hydrogen-bond donors (Lipinski definition) is 2. The number of unbranched alkanes of at least 4 members (excludes halogenated alkanes) is 11. The summed E-state index contributed by atoms with van der Waals surface area (Å²) in [4.78, 5) is 17.4. The van der Waals surface area contributed by atoms with E-state index in [4.69, 9.17) is 19.3 Å². The molecule has 1 fully saturated rings. The number of phosphoric acid groups is 1. The van der Waals surface area contributed by atoms with Crippen molar-refractivity contribution in [3.05, 3.63) is 12.2 Å². The summed E-state index contributed by atoms with van der Waals surface area (Å²) in [5, 5.41) is 0. The summed E-state index contributed by atoms with van der Waals surface area (Å²) in [6.07, 6.45) is 21.4. The monoisotopic (exact) mass is 420 g/mol. The van der Waals surface area contributed by atoms with Crippen molar-refractivity contribution in [1.29, 1.82) is 0 Å². The smallest absolute Gasteiger partial charge is 0.350 e. The third-order valence-corrected chi connectivity index (χ3v) is 5.43. The number of allylic oxidation sites excluding steroid dienone is 2. The highest BCUT2D eigenvalue weighted by Gasteiger charge is 2.28. The van der Waals surface area contributed by atoms with Crippen molar-refractivity contribution in [3.63, 3.8) is 0 Å². The molecule has 0 radical (unpaired) electrons. The van der Waals surface area contributed by atoms with E-state index < -0.39 is 7.82 Å². The van der Waals surface area contributed by atoms with Gasteiger partial charge in [0, 0.05) is 0 Å². The molecular weight excluding hydrogens is 379 g/mol. The zero-order valence-electron chi connectivity index (χ0n) is 17.6. The van der Waals surface area contributed by atoms with Gasteiger partial charge in [-0.05, 0) is 38.5 Å². The van der Waals surface area contributed by atoms with Gasteiger partial charge in [-0.25, -0.2) is 4.57 Å². The van der Waals surface area contributed by atoms with E-state index in [1.54, 1.807) is 0 Å². The Morgan fingerprint density at radius 3 is 2.11 bits per heavy atom.